The number of benzene rings is 2. The van der Waals surface area contributed by atoms with Gasteiger partial charge in [0.05, 0.1) is 17.0 Å². The summed E-state index contributed by atoms with van der Waals surface area (Å²) in [4.78, 5) is 29.4. The zero-order valence-electron chi connectivity index (χ0n) is 20.1. The fourth-order valence-corrected chi connectivity index (χ4v) is 5.05. The van der Waals surface area contributed by atoms with E-state index in [0.29, 0.717) is 4.91 Å². The van der Waals surface area contributed by atoms with E-state index < -0.39 is 0 Å². The van der Waals surface area contributed by atoms with Crippen molar-refractivity contribution in [2.24, 2.45) is 0 Å². The quantitative estimate of drug-likeness (QED) is 0.506. The van der Waals surface area contributed by atoms with Gasteiger partial charge in [0.15, 0.2) is 0 Å². The number of hydrogen-bond donors (Lipinski definition) is 0. The van der Waals surface area contributed by atoms with Crippen molar-refractivity contribution in [3.05, 3.63) is 69.6 Å². The number of allylic oxidation sites excluding steroid dienone is 1. The first-order valence-electron chi connectivity index (χ1n) is 11.1. The Morgan fingerprint density at radius 2 is 1.76 bits per heavy atom. The molecule has 1 saturated heterocycles. The number of likely N-dealkylation sites (N-methyl/N-ethyl adjacent to an activating group) is 1. The monoisotopic (exact) mass is 462 g/mol. The molecule has 0 saturated carbocycles. The van der Waals surface area contributed by atoms with E-state index in [1.54, 1.807) is 0 Å². The van der Waals surface area contributed by atoms with Crippen LogP contribution in [0.2, 0.25) is 0 Å². The van der Waals surface area contributed by atoms with Gasteiger partial charge in [-0.1, -0.05) is 23.8 Å². The van der Waals surface area contributed by atoms with Gasteiger partial charge in [0, 0.05) is 18.3 Å². The molecule has 0 spiro atoms. The van der Waals surface area contributed by atoms with Crippen molar-refractivity contribution < 1.29 is 14.3 Å². The molecule has 2 heterocycles. The van der Waals surface area contributed by atoms with E-state index in [2.05, 4.69) is 50.9 Å². The number of aryl methyl sites for hydroxylation is 2. The maximum absolute atomic E-state index is 12.9. The Labute approximate surface area is 200 Å². The number of carbonyl (C=O) groups excluding carboxylic acids is 2. The first-order chi connectivity index (χ1) is 15.6. The van der Waals surface area contributed by atoms with Crippen LogP contribution in [0.1, 0.15) is 43.0 Å². The van der Waals surface area contributed by atoms with Crippen molar-refractivity contribution in [2.75, 3.05) is 25.1 Å². The zero-order chi connectivity index (χ0) is 23.9. The van der Waals surface area contributed by atoms with Crippen LogP contribution in [0.3, 0.4) is 0 Å². The Hall–Kier alpha value is -2.99. The first-order valence-corrected chi connectivity index (χ1v) is 11.9. The maximum atomic E-state index is 12.9. The van der Waals surface area contributed by atoms with Gasteiger partial charge >= 0.3 is 0 Å². The molecule has 0 aromatic heterocycles. The molecular weight excluding hydrogens is 432 g/mol. The van der Waals surface area contributed by atoms with Crippen LogP contribution in [0.15, 0.2) is 47.4 Å². The molecule has 5 nitrogen and oxygen atoms in total. The fourth-order valence-electron chi connectivity index (χ4n) is 4.20. The summed E-state index contributed by atoms with van der Waals surface area (Å²) in [6.07, 6.45) is 4.10. The molecule has 0 radical (unpaired) electrons. The van der Waals surface area contributed by atoms with Gasteiger partial charge < -0.3 is 9.64 Å². The van der Waals surface area contributed by atoms with Gasteiger partial charge in [-0.25, -0.2) is 0 Å². The summed E-state index contributed by atoms with van der Waals surface area (Å²) in [5, 5.41) is -0.257. The number of imide groups is 1. The molecule has 0 unspecified atom stereocenters. The van der Waals surface area contributed by atoms with Gasteiger partial charge in [-0.05, 0) is 93.4 Å². The highest BCUT2D eigenvalue weighted by atomic mass is 32.2. The molecule has 0 bridgehead atoms. The van der Waals surface area contributed by atoms with Gasteiger partial charge in [-0.3, -0.25) is 14.5 Å². The number of fused-ring (bicyclic) bond motifs is 1. The zero-order valence-corrected chi connectivity index (χ0v) is 20.9. The van der Waals surface area contributed by atoms with E-state index in [4.69, 9.17) is 4.74 Å². The third-order valence-corrected chi connectivity index (χ3v) is 7.28. The van der Waals surface area contributed by atoms with Crippen LogP contribution in [0.4, 0.5) is 10.5 Å². The van der Waals surface area contributed by atoms with Crippen molar-refractivity contribution in [3.8, 4) is 5.75 Å². The third kappa shape index (κ3) is 4.58. The van der Waals surface area contributed by atoms with Gasteiger partial charge in [-0.2, -0.15) is 0 Å². The molecule has 1 fully saturated rings. The van der Waals surface area contributed by atoms with Crippen LogP contribution in [0, 0.1) is 13.8 Å². The molecule has 4 rings (SSSR count). The number of hydrogen-bond acceptors (Lipinski definition) is 5. The van der Waals surface area contributed by atoms with E-state index in [0.717, 1.165) is 39.8 Å². The standard InChI is InChI=1S/C27H30N2O3S/c1-17-7-9-21(10-8-17)32-12-11-29-25(30)24(33-26(29)31)15-20-14-22-19(3)16-27(4,5)28(6)23(22)13-18(20)2/h7-10,13-16H,11-12H2,1-6H3/b24-15+. The highest BCUT2D eigenvalue weighted by Gasteiger charge is 2.35. The summed E-state index contributed by atoms with van der Waals surface area (Å²) < 4.78 is 5.71. The summed E-state index contributed by atoms with van der Waals surface area (Å²) in [6, 6.07) is 12.0. The average Bonchev–Trinajstić information content (AvgIpc) is 3.01. The third-order valence-electron chi connectivity index (χ3n) is 6.37. The van der Waals surface area contributed by atoms with Crippen LogP contribution in [-0.2, 0) is 4.79 Å². The largest absolute Gasteiger partial charge is 0.492 e. The second-order valence-electron chi connectivity index (χ2n) is 9.26. The molecule has 2 aliphatic rings. The van der Waals surface area contributed by atoms with Gasteiger partial charge in [0.25, 0.3) is 11.1 Å². The molecule has 2 amide bonds. The Morgan fingerprint density at radius 1 is 1.06 bits per heavy atom. The number of ether oxygens (including phenoxy) is 1. The number of rotatable bonds is 5. The van der Waals surface area contributed by atoms with Crippen LogP contribution in [-0.4, -0.2) is 41.8 Å². The lowest BCUT2D eigenvalue weighted by Crippen LogP contribution is -2.42. The van der Waals surface area contributed by atoms with E-state index in [1.807, 2.05) is 44.2 Å². The lowest BCUT2D eigenvalue weighted by atomic mass is 9.87. The Kier molecular flexibility index (Phi) is 6.14. The van der Waals surface area contributed by atoms with Crippen LogP contribution < -0.4 is 9.64 Å². The Balaban J connectivity index is 1.52. The molecule has 6 heteroatoms. The second-order valence-corrected chi connectivity index (χ2v) is 10.3. The molecule has 0 aliphatic carbocycles. The van der Waals surface area contributed by atoms with Gasteiger partial charge in [0.2, 0.25) is 0 Å². The molecule has 33 heavy (non-hydrogen) atoms. The predicted octanol–water partition coefficient (Wildman–Crippen LogP) is 6.05. The predicted molar refractivity (Wildman–Crippen MR) is 137 cm³/mol. The topological polar surface area (TPSA) is 49.9 Å². The molecular formula is C27H30N2O3S. The Bertz CT molecular complexity index is 1180. The highest BCUT2D eigenvalue weighted by Crippen LogP contribution is 2.40. The normalized spacial score (nSPS) is 18.6. The number of thioether (sulfide) groups is 1. The summed E-state index contributed by atoms with van der Waals surface area (Å²) in [5.41, 5.74) is 6.65. The molecule has 2 aromatic rings. The summed E-state index contributed by atoms with van der Waals surface area (Å²) >= 11 is 0.990. The molecule has 0 N–H and O–H groups in total. The average molecular weight is 463 g/mol. The van der Waals surface area contributed by atoms with Crippen molar-refractivity contribution in [3.63, 3.8) is 0 Å². The number of carbonyl (C=O) groups is 2. The number of nitrogens with zero attached hydrogens (tertiary/aromatic N) is 2. The van der Waals surface area contributed by atoms with Crippen molar-refractivity contribution in [1.29, 1.82) is 0 Å². The van der Waals surface area contributed by atoms with E-state index in [1.165, 1.54) is 16.2 Å². The summed E-state index contributed by atoms with van der Waals surface area (Å²) in [6.45, 7) is 11.0. The molecule has 172 valence electrons. The van der Waals surface area contributed by atoms with Crippen molar-refractivity contribution in [2.45, 2.75) is 40.2 Å². The van der Waals surface area contributed by atoms with Crippen LogP contribution in [0.25, 0.3) is 11.6 Å². The Morgan fingerprint density at radius 3 is 2.45 bits per heavy atom. The minimum atomic E-state index is -0.264. The fraction of sp³-hybridized carbons (Fsp3) is 0.333. The smallest absolute Gasteiger partial charge is 0.293 e. The molecule has 2 aromatic carbocycles. The SMILES string of the molecule is CC1=CC(C)(C)N(C)c2cc(C)c(/C=C3/SC(=O)N(CCOc4ccc(C)cc4)C3=O)cc21. The summed E-state index contributed by atoms with van der Waals surface area (Å²) in [7, 11) is 2.10. The van der Waals surface area contributed by atoms with Crippen LogP contribution in [0.5, 0.6) is 5.75 Å². The van der Waals surface area contributed by atoms with Gasteiger partial charge in [0.1, 0.15) is 12.4 Å². The number of amides is 2. The lowest BCUT2D eigenvalue weighted by Gasteiger charge is -2.41. The van der Waals surface area contributed by atoms with Crippen molar-refractivity contribution >= 4 is 40.2 Å². The second kappa shape index (κ2) is 8.75. The highest BCUT2D eigenvalue weighted by molar-refractivity contribution is 8.18. The molecule has 2 aliphatic heterocycles. The lowest BCUT2D eigenvalue weighted by molar-refractivity contribution is -0.123. The van der Waals surface area contributed by atoms with E-state index in [9.17, 15) is 9.59 Å². The summed E-state index contributed by atoms with van der Waals surface area (Å²) in [5.74, 6) is 0.463. The molecule has 0 atom stereocenters. The number of anilines is 1. The van der Waals surface area contributed by atoms with Crippen molar-refractivity contribution in [1.82, 2.24) is 4.90 Å². The van der Waals surface area contributed by atoms with Gasteiger partial charge in [-0.15, -0.1) is 0 Å². The first kappa shape index (κ1) is 23.2. The minimum absolute atomic E-state index is 0.0612. The van der Waals surface area contributed by atoms with E-state index >= 15 is 0 Å². The van der Waals surface area contributed by atoms with E-state index in [-0.39, 0.29) is 29.8 Å². The minimum Gasteiger partial charge on any atom is -0.492 e. The maximum Gasteiger partial charge on any atom is 0.293 e. The van der Waals surface area contributed by atoms with Crippen LogP contribution >= 0.6 is 11.8 Å².